The van der Waals surface area contributed by atoms with Gasteiger partial charge < -0.3 is 24.6 Å². The first kappa shape index (κ1) is 24.9. The molecule has 2 aromatic rings. The maximum absolute atomic E-state index is 12.7. The number of rotatable bonds is 11. The first-order chi connectivity index (χ1) is 15.8. The van der Waals surface area contributed by atoms with E-state index in [0.29, 0.717) is 42.4 Å². The van der Waals surface area contributed by atoms with Crippen molar-refractivity contribution in [1.29, 1.82) is 0 Å². The van der Waals surface area contributed by atoms with Crippen LogP contribution in [0.2, 0.25) is 0 Å². The second-order valence-electron chi connectivity index (χ2n) is 8.17. The summed E-state index contributed by atoms with van der Waals surface area (Å²) in [5, 5.41) is 2.97. The molecule has 0 saturated carbocycles. The molecule has 0 aromatic heterocycles. The van der Waals surface area contributed by atoms with Crippen LogP contribution < -0.4 is 14.8 Å². The third-order valence-corrected chi connectivity index (χ3v) is 7.63. The van der Waals surface area contributed by atoms with Gasteiger partial charge in [-0.15, -0.1) is 0 Å². The van der Waals surface area contributed by atoms with E-state index < -0.39 is 9.84 Å². The Labute approximate surface area is 196 Å². The number of nitrogens with zero attached hydrogens (tertiary/aromatic N) is 2. The van der Waals surface area contributed by atoms with E-state index in [0.717, 1.165) is 30.6 Å². The minimum Gasteiger partial charge on any atom is -0.493 e. The maximum Gasteiger partial charge on any atom is 0.321 e. The van der Waals surface area contributed by atoms with Gasteiger partial charge in [0, 0.05) is 24.8 Å². The van der Waals surface area contributed by atoms with Crippen LogP contribution in [0.1, 0.15) is 18.4 Å². The van der Waals surface area contributed by atoms with E-state index >= 15 is 0 Å². The van der Waals surface area contributed by atoms with Crippen LogP contribution in [0.15, 0.2) is 47.4 Å². The average molecular weight is 476 g/mol. The van der Waals surface area contributed by atoms with E-state index in [1.165, 1.54) is 0 Å². The van der Waals surface area contributed by atoms with Crippen molar-refractivity contribution < 1.29 is 22.7 Å². The largest absolute Gasteiger partial charge is 0.493 e. The zero-order valence-corrected chi connectivity index (χ0v) is 20.4. The predicted octanol–water partition coefficient (Wildman–Crippen LogP) is 3.28. The third kappa shape index (κ3) is 6.61. The van der Waals surface area contributed by atoms with Gasteiger partial charge in [-0.2, -0.15) is 0 Å². The Morgan fingerprint density at radius 3 is 2.39 bits per heavy atom. The number of benzene rings is 2. The van der Waals surface area contributed by atoms with Crippen LogP contribution in [0.3, 0.4) is 0 Å². The molecular formula is C24H33N3O5S. The Bertz CT molecular complexity index is 1040. The van der Waals surface area contributed by atoms with E-state index in [2.05, 4.69) is 10.2 Å². The monoisotopic (exact) mass is 475 g/mol. The summed E-state index contributed by atoms with van der Waals surface area (Å²) in [6.07, 6.45) is 2.09. The second kappa shape index (κ2) is 11.4. The number of methoxy groups -OCH3 is 2. The molecule has 180 valence electrons. The molecule has 0 saturated heterocycles. The van der Waals surface area contributed by atoms with E-state index in [1.54, 1.807) is 44.6 Å². The Morgan fingerprint density at radius 2 is 1.70 bits per heavy atom. The number of nitrogens with one attached hydrogen (secondary N) is 1. The molecular weight excluding hydrogens is 442 g/mol. The maximum atomic E-state index is 12.7. The Kier molecular flexibility index (Phi) is 8.57. The van der Waals surface area contributed by atoms with Crippen LogP contribution in [0.5, 0.6) is 11.5 Å². The average Bonchev–Trinajstić information content (AvgIpc) is 2.96. The number of anilines is 1. The lowest BCUT2D eigenvalue weighted by molar-refractivity contribution is 0.208. The summed E-state index contributed by atoms with van der Waals surface area (Å²) < 4.78 is 35.5. The van der Waals surface area contributed by atoms with Crippen LogP contribution in [0.4, 0.5) is 10.5 Å². The molecule has 1 aliphatic heterocycles. The van der Waals surface area contributed by atoms with Gasteiger partial charge in [0.1, 0.15) is 0 Å². The third-order valence-electron chi connectivity index (χ3n) is 5.81. The molecule has 33 heavy (non-hydrogen) atoms. The van der Waals surface area contributed by atoms with Gasteiger partial charge in [-0.05, 0) is 63.2 Å². The highest BCUT2D eigenvalue weighted by Crippen LogP contribution is 2.34. The van der Waals surface area contributed by atoms with Crippen molar-refractivity contribution in [3.63, 3.8) is 0 Å². The first-order valence-corrected chi connectivity index (χ1v) is 12.8. The summed E-state index contributed by atoms with van der Waals surface area (Å²) in [7, 11) is 1.90. The molecule has 2 aromatic carbocycles. The Balaban J connectivity index is 1.44. The van der Waals surface area contributed by atoms with Crippen molar-refractivity contribution in [1.82, 2.24) is 9.80 Å². The Hall–Kier alpha value is -2.78. The summed E-state index contributed by atoms with van der Waals surface area (Å²) in [4.78, 5) is 17.0. The van der Waals surface area contributed by atoms with E-state index in [4.69, 9.17) is 9.47 Å². The zero-order valence-electron chi connectivity index (χ0n) is 19.5. The van der Waals surface area contributed by atoms with Gasteiger partial charge in [0.25, 0.3) is 0 Å². The molecule has 8 nitrogen and oxygen atoms in total. The van der Waals surface area contributed by atoms with Gasteiger partial charge in [0.15, 0.2) is 21.3 Å². The Morgan fingerprint density at radius 1 is 1.03 bits per heavy atom. The van der Waals surface area contributed by atoms with Crippen molar-refractivity contribution in [3.05, 3.63) is 48.0 Å². The highest BCUT2D eigenvalue weighted by molar-refractivity contribution is 7.91. The first-order valence-electron chi connectivity index (χ1n) is 11.1. The molecule has 2 amide bonds. The van der Waals surface area contributed by atoms with Gasteiger partial charge in [0.2, 0.25) is 0 Å². The fraction of sp³-hybridized carbons (Fsp3) is 0.458. The molecule has 0 fully saturated rings. The fourth-order valence-electron chi connectivity index (χ4n) is 3.92. The van der Waals surface area contributed by atoms with Crippen LogP contribution in [0.25, 0.3) is 0 Å². The normalized spacial score (nSPS) is 13.9. The molecule has 1 aliphatic rings. The van der Waals surface area contributed by atoms with Crippen molar-refractivity contribution >= 4 is 21.6 Å². The molecule has 0 radical (unpaired) electrons. The minimum absolute atomic E-state index is 0.126. The number of fused-ring (bicyclic) bond motifs is 1. The van der Waals surface area contributed by atoms with Crippen molar-refractivity contribution in [2.75, 3.05) is 58.5 Å². The molecule has 0 bridgehead atoms. The lowest BCUT2D eigenvalue weighted by Gasteiger charge is -2.22. The lowest BCUT2D eigenvalue weighted by atomic mass is 10.1. The van der Waals surface area contributed by atoms with Gasteiger partial charge in [-0.25, -0.2) is 13.2 Å². The number of ether oxygens (including phenoxy) is 2. The number of sulfone groups is 1. The second-order valence-corrected chi connectivity index (χ2v) is 10.3. The number of hydrogen-bond acceptors (Lipinski definition) is 6. The topological polar surface area (TPSA) is 88.2 Å². The number of hydrogen-bond donors (Lipinski definition) is 1. The number of carbonyl (C=O) groups excluding carboxylic acids is 1. The summed E-state index contributed by atoms with van der Waals surface area (Å²) in [6.45, 7) is 2.71. The molecule has 0 aliphatic carbocycles. The quantitative estimate of drug-likeness (QED) is 0.537. The summed E-state index contributed by atoms with van der Waals surface area (Å²) in [6, 6.07) is 12.1. The van der Waals surface area contributed by atoms with Crippen LogP contribution in [-0.4, -0.2) is 77.4 Å². The molecule has 0 spiro atoms. The van der Waals surface area contributed by atoms with Gasteiger partial charge in [-0.1, -0.05) is 18.2 Å². The molecule has 0 unspecified atom stereocenters. The zero-order chi connectivity index (χ0) is 23.8. The predicted molar refractivity (Wildman–Crippen MR) is 129 cm³/mol. The standard InChI is InChI=1S/C24H33N3O5S/c1-26(13-8-16-33(29,30)20-9-5-4-6-10-20)12-7-14-27-15-11-19-17-22(31-2)23(32-3)18-21(19)25-24(27)28/h4-6,9-10,17-18H,7-8,11-16H2,1-3H3,(H,25,28). The van der Waals surface area contributed by atoms with Crippen molar-refractivity contribution in [2.45, 2.75) is 24.2 Å². The number of carbonyl (C=O) groups is 1. The summed E-state index contributed by atoms with van der Waals surface area (Å²) in [5.74, 6) is 1.36. The molecule has 1 heterocycles. The van der Waals surface area contributed by atoms with Crippen molar-refractivity contribution in [2.24, 2.45) is 0 Å². The van der Waals surface area contributed by atoms with Gasteiger partial charge in [-0.3, -0.25) is 0 Å². The van der Waals surface area contributed by atoms with Crippen LogP contribution >= 0.6 is 0 Å². The number of amides is 2. The highest BCUT2D eigenvalue weighted by atomic mass is 32.2. The molecule has 3 rings (SSSR count). The summed E-state index contributed by atoms with van der Waals surface area (Å²) >= 11 is 0. The van der Waals surface area contributed by atoms with Crippen LogP contribution in [-0.2, 0) is 16.3 Å². The smallest absolute Gasteiger partial charge is 0.321 e. The van der Waals surface area contributed by atoms with Gasteiger partial charge >= 0.3 is 6.03 Å². The molecule has 0 atom stereocenters. The summed E-state index contributed by atoms with van der Waals surface area (Å²) in [5.41, 5.74) is 1.76. The van der Waals surface area contributed by atoms with Crippen LogP contribution in [0, 0.1) is 0 Å². The van der Waals surface area contributed by atoms with Crippen molar-refractivity contribution in [3.8, 4) is 11.5 Å². The SMILES string of the molecule is COc1cc2c(cc1OC)NC(=O)N(CCCN(C)CCCS(=O)(=O)c1ccccc1)CC2. The van der Waals surface area contributed by atoms with Gasteiger partial charge in [0.05, 0.1) is 24.9 Å². The fourth-order valence-corrected chi connectivity index (χ4v) is 5.24. The molecule has 1 N–H and O–H groups in total. The van der Waals surface area contributed by atoms with E-state index in [1.807, 2.05) is 24.1 Å². The molecule has 9 heteroatoms. The highest BCUT2D eigenvalue weighted by Gasteiger charge is 2.22. The van der Waals surface area contributed by atoms with E-state index in [-0.39, 0.29) is 11.8 Å². The minimum atomic E-state index is -3.25. The lowest BCUT2D eigenvalue weighted by Crippen LogP contribution is -2.36. The van der Waals surface area contributed by atoms with E-state index in [9.17, 15) is 13.2 Å². The number of urea groups is 1.